The summed E-state index contributed by atoms with van der Waals surface area (Å²) in [4.78, 5) is 14.4. The molecule has 6 heteroatoms. The number of nitrogens with one attached hydrogen (secondary N) is 1. The SMILES string of the molecule is CCCOc1cccc(C(=O)NC(=S)N(CCC#N)CCc2ccccc2)c1. The van der Waals surface area contributed by atoms with E-state index in [1.807, 2.05) is 48.2 Å². The zero-order valence-corrected chi connectivity index (χ0v) is 16.9. The van der Waals surface area contributed by atoms with E-state index in [0.29, 0.717) is 42.5 Å². The fraction of sp³-hybridized carbons (Fsp3) is 0.318. The van der Waals surface area contributed by atoms with E-state index in [4.69, 9.17) is 22.2 Å². The van der Waals surface area contributed by atoms with E-state index in [1.165, 1.54) is 5.56 Å². The quantitative estimate of drug-likeness (QED) is 0.651. The van der Waals surface area contributed by atoms with Gasteiger partial charge < -0.3 is 9.64 Å². The van der Waals surface area contributed by atoms with Crippen molar-refractivity contribution in [2.75, 3.05) is 19.7 Å². The number of hydrogen-bond donors (Lipinski definition) is 1. The second kappa shape index (κ2) is 11.7. The van der Waals surface area contributed by atoms with Crippen LogP contribution in [0.1, 0.15) is 35.7 Å². The fourth-order valence-corrected chi connectivity index (χ4v) is 2.88. The number of thiocarbonyl (C=S) groups is 1. The Bertz CT molecular complexity index is 818. The highest BCUT2D eigenvalue weighted by Gasteiger charge is 2.14. The van der Waals surface area contributed by atoms with Crippen LogP contribution in [-0.2, 0) is 6.42 Å². The predicted octanol–water partition coefficient (Wildman–Crippen LogP) is 3.95. The Morgan fingerprint density at radius 2 is 1.96 bits per heavy atom. The molecule has 0 saturated carbocycles. The van der Waals surface area contributed by atoms with Crippen molar-refractivity contribution in [1.82, 2.24) is 10.2 Å². The van der Waals surface area contributed by atoms with Gasteiger partial charge in [0.2, 0.25) is 0 Å². The van der Waals surface area contributed by atoms with Crippen LogP contribution in [0.3, 0.4) is 0 Å². The van der Waals surface area contributed by atoms with Gasteiger partial charge in [-0.05, 0) is 48.8 Å². The highest BCUT2D eigenvalue weighted by Crippen LogP contribution is 2.14. The Morgan fingerprint density at radius 3 is 2.68 bits per heavy atom. The molecule has 2 aromatic carbocycles. The lowest BCUT2D eigenvalue weighted by Gasteiger charge is -2.24. The number of amides is 1. The van der Waals surface area contributed by atoms with Gasteiger partial charge in [0.25, 0.3) is 5.91 Å². The lowest BCUT2D eigenvalue weighted by molar-refractivity contribution is 0.0973. The van der Waals surface area contributed by atoms with Gasteiger partial charge in [-0.3, -0.25) is 10.1 Å². The molecule has 0 aliphatic rings. The Hall–Kier alpha value is -2.91. The number of rotatable bonds is 9. The lowest BCUT2D eigenvalue weighted by Crippen LogP contribution is -2.44. The number of ether oxygens (including phenoxy) is 1. The third kappa shape index (κ3) is 7.01. The third-order valence-electron chi connectivity index (χ3n) is 4.08. The standard InChI is InChI=1S/C22H25N3O2S/c1-2-16-27-20-11-6-10-19(17-20)21(26)24-22(28)25(14-7-13-23)15-12-18-8-4-3-5-9-18/h3-6,8-11,17H,2,7,12,14-16H2,1H3,(H,24,26,28). The number of nitriles is 1. The van der Waals surface area contributed by atoms with E-state index in [1.54, 1.807) is 18.2 Å². The van der Waals surface area contributed by atoms with E-state index in [-0.39, 0.29) is 5.91 Å². The zero-order chi connectivity index (χ0) is 20.2. The van der Waals surface area contributed by atoms with Gasteiger partial charge in [-0.2, -0.15) is 5.26 Å². The molecular weight excluding hydrogens is 370 g/mol. The predicted molar refractivity (Wildman–Crippen MR) is 114 cm³/mol. The third-order valence-corrected chi connectivity index (χ3v) is 4.44. The summed E-state index contributed by atoms with van der Waals surface area (Å²) < 4.78 is 5.58. The first-order chi connectivity index (χ1) is 13.6. The van der Waals surface area contributed by atoms with Gasteiger partial charge in [-0.1, -0.05) is 43.3 Å². The molecule has 0 radical (unpaired) electrons. The Morgan fingerprint density at radius 1 is 1.18 bits per heavy atom. The Kier molecular flexibility index (Phi) is 8.96. The number of benzene rings is 2. The molecule has 0 unspecified atom stereocenters. The maximum atomic E-state index is 12.6. The summed E-state index contributed by atoms with van der Waals surface area (Å²) in [5, 5.41) is 12.0. The van der Waals surface area contributed by atoms with Gasteiger partial charge in [-0.15, -0.1) is 0 Å². The molecule has 0 aliphatic carbocycles. The van der Waals surface area contributed by atoms with Gasteiger partial charge in [0.05, 0.1) is 19.1 Å². The molecule has 0 bridgehead atoms. The summed E-state index contributed by atoms with van der Waals surface area (Å²) in [6.07, 6.45) is 2.02. The molecule has 1 amide bonds. The van der Waals surface area contributed by atoms with E-state index in [2.05, 4.69) is 11.4 Å². The van der Waals surface area contributed by atoms with Gasteiger partial charge >= 0.3 is 0 Å². The molecule has 0 spiro atoms. The van der Waals surface area contributed by atoms with Crippen LogP contribution < -0.4 is 10.1 Å². The lowest BCUT2D eigenvalue weighted by atomic mass is 10.1. The van der Waals surface area contributed by atoms with Crippen molar-refractivity contribution < 1.29 is 9.53 Å². The van der Waals surface area contributed by atoms with Gasteiger partial charge in [0.1, 0.15) is 5.75 Å². The molecule has 0 aliphatic heterocycles. The first-order valence-corrected chi connectivity index (χ1v) is 9.79. The summed E-state index contributed by atoms with van der Waals surface area (Å²) in [6.45, 7) is 3.73. The van der Waals surface area contributed by atoms with Crippen molar-refractivity contribution in [3.63, 3.8) is 0 Å². The first kappa shape index (κ1) is 21.4. The highest BCUT2D eigenvalue weighted by atomic mass is 32.1. The summed E-state index contributed by atoms with van der Waals surface area (Å²) in [7, 11) is 0. The van der Waals surface area contributed by atoms with Crippen molar-refractivity contribution >= 4 is 23.2 Å². The Balaban J connectivity index is 1.99. The minimum Gasteiger partial charge on any atom is -0.494 e. The van der Waals surface area contributed by atoms with Crippen LogP contribution in [0.2, 0.25) is 0 Å². The number of carbonyl (C=O) groups is 1. The van der Waals surface area contributed by atoms with E-state index < -0.39 is 0 Å². The van der Waals surface area contributed by atoms with Crippen LogP contribution in [-0.4, -0.2) is 35.6 Å². The van der Waals surface area contributed by atoms with Crippen LogP contribution >= 0.6 is 12.2 Å². The van der Waals surface area contributed by atoms with Crippen LogP contribution in [0.15, 0.2) is 54.6 Å². The molecule has 5 nitrogen and oxygen atoms in total. The molecule has 0 atom stereocenters. The summed E-state index contributed by atoms with van der Waals surface area (Å²) in [6, 6.07) is 19.2. The smallest absolute Gasteiger partial charge is 0.257 e. The van der Waals surface area contributed by atoms with Crippen molar-refractivity contribution in [3.8, 4) is 11.8 Å². The van der Waals surface area contributed by atoms with Gasteiger partial charge in [0.15, 0.2) is 5.11 Å². The molecule has 0 fully saturated rings. The molecule has 28 heavy (non-hydrogen) atoms. The number of carbonyl (C=O) groups excluding carboxylic acids is 1. The minimum absolute atomic E-state index is 0.284. The van der Waals surface area contributed by atoms with Crippen molar-refractivity contribution in [1.29, 1.82) is 5.26 Å². The average Bonchev–Trinajstić information content (AvgIpc) is 2.73. The van der Waals surface area contributed by atoms with Gasteiger partial charge in [-0.25, -0.2) is 0 Å². The largest absolute Gasteiger partial charge is 0.494 e. The Labute approximate surface area is 171 Å². The van der Waals surface area contributed by atoms with Gasteiger partial charge in [0, 0.05) is 18.7 Å². The van der Waals surface area contributed by atoms with E-state index >= 15 is 0 Å². The van der Waals surface area contributed by atoms with Crippen molar-refractivity contribution in [2.24, 2.45) is 0 Å². The summed E-state index contributed by atoms with van der Waals surface area (Å²) >= 11 is 5.44. The monoisotopic (exact) mass is 395 g/mol. The molecular formula is C22H25N3O2S. The zero-order valence-electron chi connectivity index (χ0n) is 16.1. The van der Waals surface area contributed by atoms with Crippen LogP contribution in [0, 0.1) is 11.3 Å². The normalized spacial score (nSPS) is 10.0. The van der Waals surface area contributed by atoms with Crippen LogP contribution in [0.5, 0.6) is 5.75 Å². The molecule has 0 heterocycles. The fourth-order valence-electron chi connectivity index (χ4n) is 2.60. The molecule has 2 aromatic rings. The minimum atomic E-state index is -0.284. The molecule has 0 aromatic heterocycles. The number of nitrogens with zero attached hydrogens (tertiary/aromatic N) is 2. The summed E-state index contributed by atoms with van der Waals surface area (Å²) in [5.74, 6) is 0.374. The number of hydrogen-bond acceptors (Lipinski definition) is 4. The maximum Gasteiger partial charge on any atom is 0.257 e. The second-order valence-electron chi connectivity index (χ2n) is 6.27. The van der Waals surface area contributed by atoms with Crippen molar-refractivity contribution in [3.05, 3.63) is 65.7 Å². The molecule has 146 valence electrons. The average molecular weight is 396 g/mol. The molecule has 1 N–H and O–H groups in total. The van der Waals surface area contributed by atoms with E-state index in [0.717, 1.165) is 12.8 Å². The highest BCUT2D eigenvalue weighted by molar-refractivity contribution is 7.80. The summed E-state index contributed by atoms with van der Waals surface area (Å²) in [5.41, 5.74) is 1.67. The van der Waals surface area contributed by atoms with Crippen LogP contribution in [0.25, 0.3) is 0 Å². The first-order valence-electron chi connectivity index (χ1n) is 9.38. The molecule has 0 saturated heterocycles. The topological polar surface area (TPSA) is 65.4 Å². The second-order valence-corrected chi connectivity index (χ2v) is 6.65. The van der Waals surface area contributed by atoms with Crippen molar-refractivity contribution in [2.45, 2.75) is 26.2 Å². The van der Waals surface area contributed by atoms with Crippen LogP contribution in [0.4, 0.5) is 0 Å². The van der Waals surface area contributed by atoms with E-state index in [9.17, 15) is 4.79 Å². The maximum absolute atomic E-state index is 12.6. The molecule has 2 rings (SSSR count).